The molecule has 10 atom stereocenters. The van der Waals surface area contributed by atoms with Gasteiger partial charge >= 0.3 is 0 Å². The fraction of sp³-hybridized carbons (Fsp3) is 0.900. The molecule has 0 amide bonds. The summed E-state index contributed by atoms with van der Waals surface area (Å²) in [4.78, 5) is 0. The highest BCUT2D eigenvalue weighted by molar-refractivity contribution is 5.16. The van der Waals surface area contributed by atoms with Crippen LogP contribution in [-0.4, -0.2) is 48.8 Å². The molecule has 6 nitrogen and oxygen atoms in total. The van der Waals surface area contributed by atoms with Gasteiger partial charge in [-0.1, -0.05) is 25.7 Å². The molecule has 0 aromatic carbocycles. The van der Waals surface area contributed by atoms with E-state index < -0.39 is 24.0 Å². The zero-order valence-electron chi connectivity index (χ0n) is 15.0. The van der Waals surface area contributed by atoms with Gasteiger partial charge in [-0.15, -0.1) is 0 Å². The van der Waals surface area contributed by atoms with Crippen molar-refractivity contribution in [3.8, 4) is 12.1 Å². The van der Waals surface area contributed by atoms with Gasteiger partial charge < -0.3 is 18.9 Å². The number of nitrogens with zero attached hydrogens (tertiary/aromatic N) is 2. The molecule has 0 N–H and O–H groups in total. The highest BCUT2D eigenvalue weighted by atomic mass is 16.6. The first-order valence-corrected chi connectivity index (χ1v) is 10.2. The van der Waals surface area contributed by atoms with E-state index in [-0.39, 0.29) is 36.6 Å². The van der Waals surface area contributed by atoms with Crippen molar-refractivity contribution in [1.29, 1.82) is 10.5 Å². The summed E-state index contributed by atoms with van der Waals surface area (Å²) in [5.41, 5.74) is 0. The van der Waals surface area contributed by atoms with Crippen molar-refractivity contribution in [3.63, 3.8) is 0 Å². The quantitative estimate of drug-likeness (QED) is 0.661. The maximum Gasteiger partial charge on any atom is 0.114 e. The summed E-state index contributed by atoms with van der Waals surface area (Å²) >= 11 is 0. The van der Waals surface area contributed by atoms with E-state index in [2.05, 4.69) is 12.1 Å². The third-order valence-corrected chi connectivity index (χ3v) is 6.98. The summed E-state index contributed by atoms with van der Waals surface area (Å²) in [6.07, 6.45) is 7.36. The lowest BCUT2D eigenvalue weighted by atomic mass is 9.71. The van der Waals surface area contributed by atoms with Gasteiger partial charge in [-0.3, -0.25) is 0 Å². The molecule has 2 aliphatic heterocycles. The van der Waals surface area contributed by atoms with Crippen molar-refractivity contribution < 1.29 is 18.9 Å². The molecule has 6 heteroatoms. The number of hydrogen-bond acceptors (Lipinski definition) is 6. The van der Waals surface area contributed by atoms with Crippen LogP contribution < -0.4 is 0 Å². The van der Waals surface area contributed by atoms with Gasteiger partial charge in [0.1, 0.15) is 24.4 Å². The zero-order valence-corrected chi connectivity index (χ0v) is 15.0. The van der Waals surface area contributed by atoms with Crippen molar-refractivity contribution in [1.82, 2.24) is 0 Å². The van der Waals surface area contributed by atoms with E-state index in [1.54, 1.807) is 0 Å². The van der Waals surface area contributed by atoms with Gasteiger partial charge in [0.2, 0.25) is 0 Å². The third kappa shape index (κ3) is 2.59. The van der Waals surface area contributed by atoms with Crippen LogP contribution in [0.4, 0.5) is 0 Å². The van der Waals surface area contributed by atoms with Crippen molar-refractivity contribution in [2.24, 2.45) is 11.8 Å². The van der Waals surface area contributed by atoms with Gasteiger partial charge in [-0.2, -0.15) is 10.5 Å². The van der Waals surface area contributed by atoms with Gasteiger partial charge in [-0.25, -0.2) is 0 Å². The van der Waals surface area contributed by atoms with E-state index in [4.69, 9.17) is 18.9 Å². The minimum absolute atomic E-state index is 0.0451. The molecule has 3 aliphatic carbocycles. The Bertz CT molecular complexity index is 574. The second-order valence-corrected chi connectivity index (χ2v) is 8.44. The second-order valence-electron chi connectivity index (χ2n) is 8.44. The largest absolute Gasteiger partial charge is 0.368 e. The first-order chi connectivity index (χ1) is 12.8. The summed E-state index contributed by atoms with van der Waals surface area (Å²) in [7, 11) is 0. The van der Waals surface area contributed by atoms with Gasteiger partial charge in [0.05, 0.1) is 48.4 Å². The van der Waals surface area contributed by atoms with Crippen LogP contribution in [0.15, 0.2) is 0 Å². The fourth-order valence-corrected chi connectivity index (χ4v) is 5.69. The fourth-order valence-electron chi connectivity index (χ4n) is 5.69. The Morgan fingerprint density at radius 3 is 1.12 bits per heavy atom. The van der Waals surface area contributed by atoms with Crippen molar-refractivity contribution in [2.75, 3.05) is 0 Å². The van der Waals surface area contributed by atoms with Crippen molar-refractivity contribution in [2.45, 2.75) is 100 Å². The molecule has 3 saturated carbocycles. The zero-order chi connectivity index (χ0) is 17.7. The van der Waals surface area contributed by atoms with E-state index in [1.807, 2.05) is 0 Å². The Morgan fingerprint density at radius 1 is 0.500 bits per heavy atom. The Labute approximate surface area is 154 Å². The number of rotatable bonds is 0. The molecule has 5 rings (SSSR count). The summed E-state index contributed by atoms with van der Waals surface area (Å²) in [6.45, 7) is 0. The second kappa shape index (κ2) is 6.77. The minimum Gasteiger partial charge on any atom is -0.368 e. The van der Waals surface area contributed by atoms with E-state index in [9.17, 15) is 10.5 Å². The molecular weight excluding hydrogens is 332 g/mol. The lowest BCUT2D eigenvalue weighted by Gasteiger charge is -2.56. The maximum absolute atomic E-state index is 9.82. The molecule has 140 valence electrons. The molecule has 5 aliphatic rings. The highest BCUT2D eigenvalue weighted by Crippen LogP contribution is 2.47. The molecule has 0 radical (unpaired) electrons. The molecule has 26 heavy (non-hydrogen) atoms. The smallest absolute Gasteiger partial charge is 0.114 e. The predicted molar refractivity (Wildman–Crippen MR) is 89.8 cm³/mol. The standard InChI is InChI=1S/C20H26N2O4/c21-9-11-12(10-22)18-20(26-16-8-4-2-6-14(16)24-18)19-17(11)23-13-5-1-3-7-15(13)25-19/h11-20H,1-8H2. The van der Waals surface area contributed by atoms with Crippen LogP contribution in [-0.2, 0) is 18.9 Å². The lowest BCUT2D eigenvalue weighted by molar-refractivity contribution is -0.338. The van der Waals surface area contributed by atoms with Crippen LogP contribution in [0.1, 0.15) is 51.4 Å². The number of ether oxygens (including phenoxy) is 4. The average Bonchev–Trinajstić information content (AvgIpc) is 2.70. The summed E-state index contributed by atoms with van der Waals surface area (Å²) in [6, 6.07) is 4.68. The van der Waals surface area contributed by atoms with Crippen LogP contribution in [0.5, 0.6) is 0 Å². The molecule has 0 spiro atoms. The van der Waals surface area contributed by atoms with Crippen LogP contribution in [0.25, 0.3) is 0 Å². The molecule has 2 heterocycles. The summed E-state index contributed by atoms with van der Waals surface area (Å²) < 4.78 is 25.7. The Hall–Kier alpha value is -1.18. The SMILES string of the molecule is N#CC1C(C#N)C2OC3CCCCC3OC2C2OC3CCCCC3OC12. The molecular formula is C20H26N2O4. The van der Waals surface area contributed by atoms with Crippen molar-refractivity contribution in [3.05, 3.63) is 0 Å². The normalized spacial score (nSPS) is 53.0. The average molecular weight is 358 g/mol. The Kier molecular flexibility index (Phi) is 4.41. The Balaban J connectivity index is 1.46. The van der Waals surface area contributed by atoms with Crippen molar-refractivity contribution >= 4 is 0 Å². The van der Waals surface area contributed by atoms with Gasteiger partial charge in [0, 0.05) is 0 Å². The number of fused-ring (bicyclic) bond motifs is 5. The molecule has 2 saturated heterocycles. The van der Waals surface area contributed by atoms with E-state index >= 15 is 0 Å². The Morgan fingerprint density at radius 2 is 0.808 bits per heavy atom. The number of nitriles is 2. The van der Waals surface area contributed by atoms with Crippen LogP contribution in [0.3, 0.4) is 0 Å². The first-order valence-electron chi connectivity index (χ1n) is 10.2. The minimum atomic E-state index is -0.530. The third-order valence-electron chi connectivity index (χ3n) is 6.98. The van der Waals surface area contributed by atoms with E-state index in [1.165, 1.54) is 0 Å². The van der Waals surface area contributed by atoms with E-state index in [0.29, 0.717) is 0 Å². The van der Waals surface area contributed by atoms with Crippen LogP contribution in [0, 0.1) is 34.5 Å². The van der Waals surface area contributed by atoms with Crippen LogP contribution >= 0.6 is 0 Å². The highest BCUT2D eigenvalue weighted by Gasteiger charge is 2.60. The molecule has 5 fully saturated rings. The van der Waals surface area contributed by atoms with Gasteiger partial charge in [0.15, 0.2) is 0 Å². The monoisotopic (exact) mass is 358 g/mol. The van der Waals surface area contributed by atoms with Gasteiger partial charge in [-0.05, 0) is 25.7 Å². The predicted octanol–water partition coefficient (Wildman–Crippen LogP) is 2.47. The summed E-state index contributed by atoms with van der Waals surface area (Å²) in [5, 5.41) is 19.6. The van der Waals surface area contributed by atoms with Crippen LogP contribution in [0.2, 0.25) is 0 Å². The molecule has 0 aromatic heterocycles. The molecule has 0 bridgehead atoms. The molecule has 0 aromatic rings. The van der Waals surface area contributed by atoms with Gasteiger partial charge in [0.25, 0.3) is 0 Å². The lowest BCUT2D eigenvalue weighted by Crippen LogP contribution is -2.69. The molecule has 10 unspecified atom stereocenters. The maximum atomic E-state index is 9.82. The number of hydrogen-bond donors (Lipinski definition) is 0. The van der Waals surface area contributed by atoms with E-state index in [0.717, 1.165) is 51.4 Å². The first kappa shape index (κ1) is 17.0. The summed E-state index contributed by atoms with van der Waals surface area (Å²) in [5.74, 6) is -1.06. The topological polar surface area (TPSA) is 84.5 Å².